The van der Waals surface area contributed by atoms with Crippen LogP contribution < -0.4 is 5.73 Å². The molecule has 1 heterocycles. The minimum atomic E-state index is 0.588. The zero-order valence-corrected chi connectivity index (χ0v) is 8.91. The largest absolute Gasteiger partial charge is 0.330 e. The first-order chi connectivity index (χ1) is 5.24. The maximum Gasteiger partial charge on any atom is 0.0314 e. The van der Waals surface area contributed by atoms with Crippen LogP contribution in [0, 0.1) is 5.92 Å². The van der Waals surface area contributed by atoms with Crippen molar-refractivity contribution >= 4 is 27.3 Å². The third-order valence-corrected chi connectivity index (χ3v) is 3.58. The zero-order chi connectivity index (χ0) is 8.27. The van der Waals surface area contributed by atoms with E-state index in [2.05, 4.69) is 34.3 Å². The normalized spacial score (nSPS) is 13.4. The Morgan fingerprint density at radius 3 is 2.91 bits per heavy atom. The first kappa shape index (κ1) is 9.23. The Morgan fingerprint density at radius 1 is 1.73 bits per heavy atom. The van der Waals surface area contributed by atoms with Gasteiger partial charge in [-0.25, -0.2) is 0 Å². The van der Waals surface area contributed by atoms with Gasteiger partial charge < -0.3 is 5.73 Å². The second-order valence-corrected chi connectivity index (χ2v) is 4.59. The molecule has 0 bridgehead atoms. The zero-order valence-electron chi connectivity index (χ0n) is 6.51. The molecule has 0 saturated heterocycles. The van der Waals surface area contributed by atoms with Crippen molar-refractivity contribution in [1.29, 1.82) is 0 Å². The van der Waals surface area contributed by atoms with Crippen LogP contribution in [-0.2, 0) is 6.42 Å². The fourth-order valence-electron chi connectivity index (χ4n) is 0.871. The van der Waals surface area contributed by atoms with E-state index in [1.165, 1.54) is 9.35 Å². The Labute approximate surface area is 79.7 Å². The summed E-state index contributed by atoms with van der Waals surface area (Å²) in [5.74, 6) is 0.588. The average molecular weight is 234 g/mol. The molecule has 0 aromatic carbocycles. The van der Waals surface area contributed by atoms with Gasteiger partial charge in [-0.3, -0.25) is 0 Å². The highest BCUT2D eigenvalue weighted by Crippen LogP contribution is 2.24. The molecule has 0 aliphatic carbocycles. The van der Waals surface area contributed by atoms with Crippen molar-refractivity contribution in [1.82, 2.24) is 0 Å². The van der Waals surface area contributed by atoms with Gasteiger partial charge in [0.05, 0.1) is 0 Å². The molecule has 1 aromatic rings. The summed E-state index contributed by atoms with van der Waals surface area (Å²) in [7, 11) is 0. The summed E-state index contributed by atoms with van der Waals surface area (Å²) in [6, 6.07) is 2.09. The van der Waals surface area contributed by atoms with Crippen molar-refractivity contribution in [2.45, 2.75) is 13.3 Å². The lowest BCUT2D eigenvalue weighted by Crippen LogP contribution is -2.12. The summed E-state index contributed by atoms with van der Waals surface area (Å²) in [5.41, 5.74) is 5.53. The molecular formula is C8H12BrNS. The van der Waals surface area contributed by atoms with E-state index in [1.54, 1.807) is 11.3 Å². The third-order valence-electron chi connectivity index (χ3n) is 1.63. The number of hydrogen-bond donors (Lipinski definition) is 1. The molecule has 62 valence electrons. The van der Waals surface area contributed by atoms with Crippen LogP contribution in [0.1, 0.15) is 11.8 Å². The topological polar surface area (TPSA) is 26.0 Å². The molecule has 1 unspecified atom stereocenters. The smallest absolute Gasteiger partial charge is 0.0314 e. The molecule has 11 heavy (non-hydrogen) atoms. The molecule has 1 rings (SSSR count). The summed E-state index contributed by atoms with van der Waals surface area (Å²) in [5, 5.41) is 2.10. The minimum absolute atomic E-state index is 0.588. The summed E-state index contributed by atoms with van der Waals surface area (Å²) in [4.78, 5) is 1.41. The monoisotopic (exact) mass is 233 g/mol. The van der Waals surface area contributed by atoms with E-state index in [9.17, 15) is 0 Å². The summed E-state index contributed by atoms with van der Waals surface area (Å²) >= 11 is 5.28. The predicted octanol–water partition coefficient (Wildman–Crippen LogP) is 2.65. The molecule has 1 atom stereocenters. The maximum atomic E-state index is 5.53. The molecule has 0 spiro atoms. The second kappa shape index (κ2) is 4.24. The quantitative estimate of drug-likeness (QED) is 0.854. The molecule has 0 saturated carbocycles. The predicted molar refractivity (Wildman–Crippen MR) is 53.9 cm³/mol. The highest BCUT2D eigenvalue weighted by molar-refractivity contribution is 9.10. The van der Waals surface area contributed by atoms with Gasteiger partial charge >= 0.3 is 0 Å². The van der Waals surface area contributed by atoms with Crippen molar-refractivity contribution in [2.24, 2.45) is 11.7 Å². The molecule has 3 heteroatoms. The Hall–Kier alpha value is 0.140. The van der Waals surface area contributed by atoms with Gasteiger partial charge in [0.25, 0.3) is 0 Å². The Kier molecular flexibility index (Phi) is 3.55. The Bertz CT molecular complexity index is 222. The fourth-order valence-corrected chi connectivity index (χ4v) is 2.55. The van der Waals surface area contributed by atoms with Crippen molar-refractivity contribution in [2.75, 3.05) is 6.54 Å². The van der Waals surface area contributed by atoms with Crippen molar-refractivity contribution < 1.29 is 0 Å². The molecular weight excluding hydrogens is 222 g/mol. The second-order valence-electron chi connectivity index (χ2n) is 2.74. The van der Waals surface area contributed by atoms with Crippen LogP contribution in [0.25, 0.3) is 0 Å². The van der Waals surface area contributed by atoms with Crippen LogP contribution >= 0.6 is 27.3 Å². The summed E-state index contributed by atoms with van der Waals surface area (Å²) in [6.45, 7) is 2.94. The van der Waals surface area contributed by atoms with Gasteiger partial charge in [-0.05, 0) is 46.3 Å². The maximum absolute atomic E-state index is 5.53. The van der Waals surface area contributed by atoms with Crippen molar-refractivity contribution in [3.05, 3.63) is 20.8 Å². The number of halogens is 1. The highest BCUT2D eigenvalue weighted by atomic mass is 79.9. The lowest BCUT2D eigenvalue weighted by molar-refractivity contribution is 0.597. The number of hydrogen-bond acceptors (Lipinski definition) is 2. The SMILES string of the molecule is CC(CN)Cc1sccc1Br. The van der Waals surface area contributed by atoms with E-state index in [4.69, 9.17) is 5.73 Å². The summed E-state index contributed by atoms with van der Waals surface area (Å²) < 4.78 is 1.22. The van der Waals surface area contributed by atoms with E-state index in [0.29, 0.717) is 5.92 Å². The Morgan fingerprint density at radius 2 is 2.45 bits per heavy atom. The number of rotatable bonds is 3. The lowest BCUT2D eigenvalue weighted by Gasteiger charge is -2.05. The molecule has 1 aromatic heterocycles. The van der Waals surface area contributed by atoms with Gasteiger partial charge in [0.1, 0.15) is 0 Å². The fraction of sp³-hybridized carbons (Fsp3) is 0.500. The van der Waals surface area contributed by atoms with Gasteiger partial charge in [-0.15, -0.1) is 11.3 Å². The van der Waals surface area contributed by atoms with Gasteiger partial charge in [-0.1, -0.05) is 6.92 Å². The molecule has 2 N–H and O–H groups in total. The van der Waals surface area contributed by atoms with E-state index in [0.717, 1.165) is 13.0 Å². The number of thiophene rings is 1. The average Bonchev–Trinajstić information content (AvgIpc) is 2.37. The van der Waals surface area contributed by atoms with Crippen LogP contribution in [0.4, 0.5) is 0 Å². The first-order valence-corrected chi connectivity index (χ1v) is 5.33. The van der Waals surface area contributed by atoms with E-state index in [-0.39, 0.29) is 0 Å². The lowest BCUT2D eigenvalue weighted by atomic mass is 10.1. The molecule has 0 amide bonds. The van der Waals surface area contributed by atoms with Crippen LogP contribution in [-0.4, -0.2) is 6.54 Å². The van der Waals surface area contributed by atoms with Crippen molar-refractivity contribution in [3.8, 4) is 0 Å². The van der Waals surface area contributed by atoms with Crippen molar-refractivity contribution in [3.63, 3.8) is 0 Å². The molecule has 0 aliphatic heterocycles. The van der Waals surface area contributed by atoms with Crippen LogP contribution in [0.5, 0.6) is 0 Å². The van der Waals surface area contributed by atoms with Gasteiger partial charge in [0, 0.05) is 9.35 Å². The van der Waals surface area contributed by atoms with Crippen LogP contribution in [0.15, 0.2) is 15.9 Å². The van der Waals surface area contributed by atoms with Crippen LogP contribution in [0.3, 0.4) is 0 Å². The molecule has 0 fully saturated rings. The first-order valence-electron chi connectivity index (χ1n) is 3.66. The third kappa shape index (κ3) is 2.58. The summed E-state index contributed by atoms with van der Waals surface area (Å²) in [6.07, 6.45) is 1.09. The van der Waals surface area contributed by atoms with E-state index >= 15 is 0 Å². The molecule has 0 aliphatic rings. The van der Waals surface area contributed by atoms with Gasteiger partial charge in [0.15, 0.2) is 0 Å². The van der Waals surface area contributed by atoms with Gasteiger partial charge in [-0.2, -0.15) is 0 Å². The minimum Gasteiger partial charge on any atom is -0.330 e. The number of nitrogens with two attached hydrogens (primary N) is 1. The standard InChI is InChI=1S/C8H12BrNS/c1-6(5-10)4-8-7(9)2-3-11-8/h2-3,6H,4-5,10H2,1H3. The Balaban J connectivity index is 2.56. The highest BCUT2D eigenvalue weighted by Gasteiger charge is 2.05. The van der Waals surface area contributed by atoms with E-state index in [1.807, 2.05) is 0 Å². The molecule has 1 nitrogen and oxygen atoms in total. The van der Waals surface area contributed by atoms with E-state index < -0.39 is 0 Å². The van der Waals surface area contributed by atoms with Crippen LogP contribution in [0.2, 0.25) is 0 Å². The van der Waals surface area contributed by atoms with Gasteiger partial charge in [0.2, 0.25) is 0 Å². The molecule has 0 radical (unpaired) electrons.